The Morgan fingerprint density at radius 1 is 1.07 bits per heavy atom. The van der Waals surface area contributed by atoms with E-state index in [1.165, 1.54) is 5.56 Å². The van der Waals surface area contributed by atoms with Gasteiger partial charge in [0.2, 0.25) is 0 Å². The van der Waals surface area contributed by atoms with Gasteiger partial charge in [-0.25, -0.2) is 4.98 Å². The minimum Gasteiger partial charge on any atom is -0.308 e. The van der Waals surface area contributed by atoms with E-state index < -0.39 is 0 Å². The third kappa shape index (κ3) is 4.90. The minimum absolute atomic E-state index is 0. The van der Waals surface area contributed by atoms with Crippen LogP contribution in [-0.2, 0) is 6.42 Å². The molecular weight excluding hydrogens is 390 g/mol. The summed E-state index contributed by atoms with van der Waals surface area (Å²) in [6, 6.07) is 12.4. The second kappa shape index (κ2) is 9.50. The number of thiazole rings is 1. The Balaban J connectivity index is 0.00000280. The number of carbonyl (C=O) groups is 1. The number of carbonyl (C=O) groups excluding carboxylic acids is 1. The van der Waals surface area contributed by atoms with Crippen LogP contribution in [0.25, 0.3) is 10.2 Å². The van der Waals surface area contributed by atoms with Gasteiger partial charge in [-0.15, -0.1) is 12.4 Å². The molecule has 0 aliphatic heterocycles. The van der Waals surface area contributed by atoms with Crippen LogP contribution >= 0.6 is 23.7 Å². The SMILES string of the molecule is CCc1ccc2nc(N(CCN(C)C)C(=O)c3cc(C)ccc3C)sc2c1.Cl. The average molecular weight is 418 g/mol. The van der Waals surface area contributed by atoms with Gasteiger partial charge in [-0.1, -0.05) is 42.0 Å². The van der Waals surface area contributed by atoms with E-state index in [-0.39, 0.29) is 18.3 Å². The summed E-state index contributed by atoms with van der Waals surface area (Å²) in [6.45, 7) is 7.55. The monoisotopic (exact) mass is 417 g/mol. The molecule has 150 valence electrons. The van der Waals surface area contributed by atoms with Crippen LogP contribution in [0.4, 0.5) is 5.13 Å². The molecule has 1 amide bonds. The number of anilines is 1. The molecule has 1 aromatic heterocycles. The predicted molar refractivity (Wildman–Crippen MR) is 122 cm³/mol. The summed E-state index contributed by atoms with van der Waals surface area (Å²) < 4.78 is 1.13. The van der Waals surface area contributed by atoms with Gasteiger partial charge in [-0.05, 0) is 63.7 Å². The molecule has 2 aromatic carbocycles. The van der Waals surface area contributed by atoms with Gasteiger partial charge in [-0.3, -0.25) is 9.69 Å². The fourth-order valence-corrected chi connectivity index (χ4v) is 4.04. The topological polar surface area (TPSA) is 36.4 Å². The lowest BCUT2D eigenvalue weighted by atomic mass is 10.0. The van der Waals surface area contributed by atoms with Crippen LogP contribution in [0.15, 0.2) is 36.4 Å². The second-order valence-electron chi connectivity index (χ2n) is 7.23. The van der Waals surface area contributed by atoms with Crippen molar-refractivity contribution in [2.24, 2.45) is 0 Å². The first-order chi connectivity index (χ1) is 12.9. The van der Waals surface area contributed by atoms with Crippen molar-refractivity contribution in [3.63, 3.8) is 0 Å². The highest BCUT2D eigenvalue weighted by molar-refractivity contribution is 7.22. The highest BCUT2D eigenvalue weighted by Gasteiger charge is 2.23. The number of halogens is 1. The maximum atomic E-state index is 13.4. The molecule has 4 nitrogen and oxygen atoms in total. The van der Waals surface area contributed by atoms with E-state index in [1.54, 1.807) is 11.3 Å². The first-order valence-corrected chi connectivity index (χ1v) is 10.1. The predicted octanol–water partition coefficient (Wildman–Crippen LogP) is 5.11. The first-order valence-electron chi connectivity index (χ1n) is 9.32. The number of rotatable bonds is 6. The summed E-state index contributed by atoms with van der Waals surface area (Å²) in [5, 5.41) is 0.769. The van der Waals surface area contributed by atoms with E-state index >= 15 is 0 Å². The van der Waals surface area contributed by atoms with Crippen LogP contribution in [0.1, 0.15) is 34.0 Å². The number of likely N-dealkylation sites (N-methyl/N-ethyl adjacent to an activating group) is 1. The molecule has 0 atom stereocenters. The van der Waals surface area contributed by atoms with Gasteiger partial charge in [0.05, 0.1) is 10.2 Å². The van der Waals surface area contributed by atoms with Crippen molar-refractivity contribution < 1.29 is 4.79 Å². The quantitative estimate of drug-likeness (QED) is 0.559. The maximum absolute atomic E-state index is 13.4. The Morgan fingerprint density at radius 2 is 1.82 bits per heavy atom. The van der Waals surface area contributed by atoms with Crippen molar-refractivity contribution >= 4 is 45.0 Å². The Hall–Kier alpha value is -1.95. The van der Waals surface area contributed by atoms with Crippen molar-refractivity contribution in [3.05, 3.63) is 58.7 Å². The number of aromatic nitrogens is 1. The Labute approximate surface area is 177 Å². The van der Waals surface area contributed by atoms with Crippen molar-refractivity contribution in [2.75, 3.05) is 32.1 Å². The lowest BCUT2D eigenvalue weighted by Crippen LogP contribution is -2.37. The summed E-state index contributed by atoms with van der Waals surface area (Å²) >= 11 is 1.60. The van der Waals surface area contributed by atoms with Crippen LogP contribution in [0.5, 0.6) is 0 Å². The number of benzene rings is 2. The van der Waals surface area contributed by atoms with Crippen molar-refractivity contribution in [2.45, 2.75) is 27.2 Å². The van der Waals surface area contributed by atoms with Crippen molar-refractivity contribution in [1.82, 2.24) is 9.88 Å². The van der Waals surface area contributed by atoms with E-state index in [9.17, 15) is 4.79 Å². The third-order valence-corrected chi connectivity index (χ3v) is 5.76. The van der Waals surface area contributed by atoms with Crippen LogP contribution < -0.4 is 4.90 Å². The molecule has 0 aliphatic carbocycles. The largest absolute Gasteiger partial charge is 0.308 e. The highest BCUT2D eigenvalue weighted by Crippen LogP contribution is 2.31. The second-order valence-corrected chi connectivity index (χ2v) is 8.24. The first kappa shape index (κ1) is 22.3. The van der Waals surface area contributed by atoms with E-state index in [1.807, 2.05) is 51.0 Å². The number of amides is 1. The number of nitrogens with zero attached hydrogens (tertiary/aromatic N) is 3. The summed E-state index contributed by atoms with van der Waals surface area (Å²) in [6.07, 6.45) is 0.995. The summed E-state index contributed by atoms with van der Waals surface area (Å²) in [5.41, 5.74) is 5.08. The highest BCUT2D eigenvalue weighted by atomic mass is 35.5. The molecule has 0 aliphatic rings. The summed E-state index contributed by atoms with van der Waals surface area (Å²) in [4.78, 5) is 22.1. The molecule has 6 heteroatoms. The smallest absolute Gasteiger partial charge is 0.260 e. The van der Waals surface area contributed by atoms with Crippen LogP contribution in [0, 0.1) is 13.8 Å². The third-order valence-electron chi connectivity index (χ3n) is 4.72. The summed E-state index contributed by atoms with van der Waals surface area (Å²) in [5.74, 6) is 0.0211. The minimum atomic E-state index is 0. The van der Waals surface area contributed by atoms with Crippen LogP contribution in [-0.4, -0.2) is 43.0 Å². The lowest BCUT2D eigenvalue weighted by Gasteiger charge is -2.23. The summed E-state index contributed by atoms with van der Waals surface area (Å²) in [7, 11) is 4.04. The zero-order valence-corrected chi connectivity index (χ0v) is 18.8. The van der Waals surface area contributed by atoms with Crippen molar-refractivity contribution in [1.29, 1.82) is 0 Å². The molecule has 0 unspecified atom stereocenters. The van der Waals surface area contributed by atoms with Gasteiger partial charge in [0.25, 0.3) is 5.91 Å². The van der Waals surface area contributed by atoms with Gasteiger partial charge >= 0.3 is 0 Å². The van der Waals surface area contributed by atoms with Crippen LogP contribution in [0.3, 0.4) is 0 Å². The maximum Gasteiger partial charge on any atom is 0.260 e. The number of aryl methyl sites for hydroxylation is 3. The van der Waals surface area contributed by atoms with Gasteiger partial charge in [-0.2, -0.15) is 0 Å². The van der Waals surface area contributed by atoms with Gasteiger partial charge in [0.1, 0.15) is 0 Å². The normalized spacial score (nSPS) is 10.9. The number of fused-ring (bicyclic) bond motifs is 1. The number of hydrogen-bond donors (Lipinski definition) is 0. The molecule has 0 radical (unpaired) electrons. The Kier molecular flexibility index (Phi) is 7.58. The molecule has 0 saturated heterocycles. The number of hydrogen-bond acceptors (Lipinski definition) is 4. The van der Waals surface area contributed by atoms with E-state index in [0.29, 0.717) is 6.54 Å². The standard InChI is InChI=1S/C22H27N3OS.ClH/c1-6-17-9-10-19-20(14-17)27-22(23-19)25(12-11-24(4)5)21(26)18-13-15(2)7-8-16(18)3;/h7-10,13-14H,6,11-12H2,1-5H3;1H. The lowest BCUT2D eigenvalue weighted by molar-refractivity contribution is 0.0984. The molecule has 3 rings (SSSR count). The Bertz CT molecular complexity index is 968. The molecule has 0 spiro atoms. The van der Waals surface area contributed by atoms with Crippen LogP contribution in [0.2, 0.25) is 0 Å². The molecule has 0 bridgehead atoms. The van der Waals surface area contributed by atoms with E-state index in [2.05, 4.69) is 30.0 Å². The zero-order valence-electron chi connectivity index (χ0n) is 17.2. The van der Waals surface area contributed by atoms with E-state index in [0.717, 1.165) is 45.0 Å². The molecular formula is C22H28ClN3OS. The zero-order chi connectivity index (χ0) is 19.6. The molecule has 0 fully saturated rings. The van der Waals surface area contributed by atoms with Gasteiger partial charge < -0.3 is 4.90 Å². The molecule has 0 saturated carbocycles. The Morgan fingerprint density at radius 3 is 2.50 bits per heavy atom. The van der Waals surface area contributed by atoms with Crippen molar-refractivity contribution in [3.8, 4) is 0 Å². The van der Waals surface area contributed by atoms with E-state index in [4.69, 9.17) is 4.98 Å². The molecule has 0 N–H and O–H groups in total. The average Bonchev–Trinajstić information content (AvgIpc) is 3.06. The fraction of sp³-hybridized carbons (Fsp3) is 0.364. The molecule has 1 heterocycles. The van der Waals surface area contributed by atoms with Gasteiger partial charge in [0.15, 0.2) is 5.13 Å². The molecule has 28 heavy (non-hydrogen) atoms. The fourth-order valence-electron chi connectivity index (χ4n) is 2.99. The van der Waals surface area contributed by atoms with Gasteiger partial charge in [0, 0.05) is 18.7 Å². The molecule has 3 aromatic rings.